The summed E-state index contributed by atoms with van der Waals surface area (Å²) < 4.78 is 2.02. The molecule has 0 aromatic carbocycles. The van der Waals surface area contributed by atoms with Crippen molar-refractivity contribution in [2.45, 2.75) is 0 Å². The van der Waals surface area contributed by atoms with E-state index >= 15 is 0 Å². The van der Waals surface area contributed by atoms with Crippen molar-refractivity contribution in [3.8, 4) is 11.3 Å². The normalized spacial score (nSPS) is 10.8. The van der Waals surface area contributed by atoms with E-state index in [1.807, 2.05) is 34.9 Å². The highest BCUT2D eigenvalue weighted by atomic mass is 15.0. The number of fused-ring (bicyclic) bond motifs is 1. The molecule has 0 saturated heterocycles. The van der Waals surface area contributed by atoms with E-state index in [4.69, 9.17) is 5.73 Å². The summed E-state index contributed by atoms with van der Waals surface area (Å²) in [5, 5.41) is 0. The minimum atomic E-state index is 0.529. The van der Waals surface area contributed by atoms with Crippen LogP contribution in [0.5, 0.6) is 0 Å². The highest BCUT2D eigenvalue weighted by Gasteiger charge is 2.03. The van der Waals surface area contributed by atoms with Crippen LogP contribution in [0.2, 0.25) is 0 Å². The molecule has 0 saturated carbocycles. The lowest BCUT2D eigenvalue weighted by Gasteiger charge is -2.05. The summed E-state index contributed by atoms with van der Waals surface area (Å²) in [5.41, 5.74) is 8.58. The van der Waals surface area contributed by atoms with Crippen LogP contribution >= 0.6 is 0 Å². The molecule has 0 spiro atoms. The monoisotopic (exact) mass is 210 g/mol. The minimum absolute atomic E-state index is 0.529. The molecule has 0 aliphatic carbocycles. The standard InChI is InChI=1S/C12H10N4/c13-11-5-4-9(8-15-11)10-2-1-3-12-14-6-7-16(10)12/h1-8H,(H2,13,15). The molecule has 0 amide bonds. The smallest absolute Gasteiger partial charge is 0.137 e. The van der Waals surface area contributed by atoms with Gasteiger partial charge in [0.25, 0.3) is 0 Å². The van der Waals surface area contributed by atoms with Gasteiger partial charge in [-0.25, -0.2) is 9.97 Å². The Hall–Kier alpha value is -2.36. The van der Waals surface area contributed by atoms with Gasteiger partial charge in [0.2, 0.25) is 0 Å². The van der Waals surface area contributed by atoms with Crippen molar-refractivity contribution in [2.75, 3.05) is 5.73 Å². The van der Waals surface area contributed by atoms with E-state index in [1.165, 1.54) is 0 Å². The van der Waals surface area contributed by atoms with Gasteiger partial charge in [-0.2, -0.15) is 0 Å². The zero-order valence-corrected chi connectivity index (χ0v) is 8.54. The Labute approximate surface area is 92.4 Å². The zero-order chi connectivity index (χ0) is 11.0. The lowest BCUT2D eigenvalue weighted by Crippen LogP contribution is -1.93. The number of pyridine rings is 2. The van der Waals surface area contributed by atoms with Crippen molar-refractivity contribution in [1.29, 1.82) is 0 Å². The molecule has 2 N–H and O–H groups in total. The van der Waals surface area contributed by atoms with Crippen molar-refractivity contribution < 1.29 is 0 Å². The molecule has 0 atom stereocenters. The fourth-order valence-corrected chi connectivity index (χ4v) is 1.74. The molecule has 0 bridgehead atoms. The molecule has 4 heteroatoms. The molecule has 16 heavy (non-hydrogen) atoms. The Kier molecular flexibility index (Phi) is 1.86. The fraction of sp³-hybridized carbons (Fsp3) is 0. The molecule has 4 nitrogen and oxygen atoms in total. The van der Waals surface area contributed by atoms with Crippen LogP contribution in [0.25, 0.3) is 16.9 Å². The lowest BCUT2D eigenvalue weighted by molar-refractivity contribution is 1.18. The molecule has 0 radical (unpaired) electrons. The van der Waals surface area contributed by atoms with Crippen LogP contribution in [0.1, 0.15) is 0 Å². The number of hydrogen-bond donors (Lipinski definition) is 1. The van der Waals surface area contributed by atoms with Gasteiger partial charge in [-0.05, 0) is 24.3 Å². The number of nitrogens with two attached hydrogens (primary N) is 1. The SMILES string of the molecule is Nc1ccc(-c2cccc3nccn23)cn1. The highest BCUT2D eigenvalue weighted by Crippen LogP contribution is 2.19. The van der Waals surface area contributed by atoms with Gasteiger partial charge < -0.3 is 5.73 Å². The predicted molar refractivity (Wildman–Crippen MR) is 62.8 cm³/mol. The third-order valence-electron chi connectivity index (χ3n) is 2.51. The molecule has 0 unspecified atom stereocenters. The van der Waals surface area contributed by atoms with Crippen LogP contribution in [0.15, 0.2) is 48.9 Å². The first-order chi connectivity index (χ1) is 7.84. The van der Waals surface area contributed by atoms with Gasteiger partial charge in [0.1, 0.15) is 11.5 Å². The largest absolute Gasteiger partial charge is 0.384 e. The number of nitrogens with zero attached hydrogens (tertiary/aromatic N) is 3. The molecule has 3 aromatic heterocycles. The lowest BCUT2D eigenvalue weighted by atomic mass is 10.2. The summed E-state index contributed by atoms with van der Waals surface area (Å²) in [4.78, 5) is 8.33. The summed E-state index contributed by atoms with van der Waals surface area (Å²) in [6.07, 6.45) is 5.48. The molecule has 0 aliphatic rings. The van der Waals surface area contributed by atoms with Crippen LogP contribution < -0.4 is 5.73 Å². The first-order valence-electron chi connectivity index (χ1n) is 4.98. The van der Waals surface area contributed by atoms with E-state index in [0.29, 0.717) is 5.82 Å². The van der Waals surface area contributed by atoms with E-state index in [2.05, 4.69) is 9.97 Å². The Balaban J connectivity index is 2.25. The zero-order valence-electron chi connectivity index (χ0n) is 8.54. The van der Waals surface area contributed by atoms with Gasteiger partial charge in [-0.1, -0.05) is 6.07 Å². The summed E-state index contributed by atoms with van der Waals surface area (Å²) in [6.45, 7) is 0. The summed E-state index contributed by atoms with van der Waals surface area (Å²) >= 11 is 0. The maximum Gasteiger partial charge on any atom is 0.137 e. The maximum atomic E-state index is 5.57. The highest BCUT2D eigenvalue weighted by molar-refractivity contribution is 5.63. The molecule has 0 fully saturated rings. The molecule has 3 rings (SSSR count). The predicted octanol–water partition coefficient (Wildman–Crippen LogP) is 1.98. The number of imidazole rings is 1. The second-order valence-electron chi connectivity index (χ2n) is 3.54. The van der Waals surface area contributed by atoms with Gasteiger partial charge in [-0.15, -0.1) is 0 Å². The third kappa shape index (κ3) is 1.32. The number of anilines is 1. The van der Waals surface area contributed by atoms with Gasteiger partial charge in [0.15, 0.2) is 0 Å². The Morgan fingerprint density at radius 3 is 2.81 bits per heavy atom. The number of rotatable bonds is 1. The minimum Gasteiger partial charge on any atom is -0.384 e. The van der Waals surface area contributed by atoms with Gasteiger partial charge in [0, 0.05) is 24.2 Å². The topological polar surface area (TPSA) is 56.2 Å². The van der Waals surface area contributed by atoms with Crippen LogP contribution in [0.3, 0.4) is 0 Å². The second kappa shape index (κ2) is 3.34. The molecule has 3 heterocycles. The van der Waals surface area contributed by atoms with Crippen molar-refractivity contribution in [2.24, 2.45) is 0 Å². The first kappa shape index (κ1) is 8.91. The molecule has 3 aromatic rings. The fourth-order valence-electron chi connectivity index (χ4n) is 1.74. The average molecular weight is 210 g/mol. The van der Waals surface area contributed by atoms with E-state index in [9.17, 15) is 0 Å². The summed E-state index contributed by atoms with van der Waals surface area (Å²) in [7, 11) is 0. The third-order valence-corrected chi connectivity index (χ3v) is 2.51. The molecule has 0 aliphatic heterocycles. The van der Waals surface area contributed by atoms with E-state index in [0.717, 1.165) is 16.9 Å². The van der Waals surface area contributed by atoms with Crippen molar-refractivity contribution in [3.63, 3.8) is 0 Å². The second-order valence-corrected chi connectivity index (χ2v) is 3.54. The molecular formula is C12H10N4. The van der Waals surface area contributed by atoms with Gasteiger partial charge >= 0.3 is 0 Å². The van der Waals surface area contributed by atoms with Crippen LogP contribution in [-0.2, 0) is 0 Å². The van der Waals surface area contributed by atoms with Crippen LogP contribution in [0, 0.1) is 0 Å². The van der Waals surface area contributed by atoms with E-state index in [1.54, 1.807) is 18.5 Å². The Morgan fingerprint density at radius 2 is 2.00 bits per heavy atom. The van der Waals surface area contributed by atoms with E-state index < -0.39 is 0 Å². The average Bonchev–Trinajstić information content (AvgIpc) is 2.78. The number of hydrogen-bond acceptors (Lipinski definition) is 3. The summed E-state index contributed by atoms with van der Waals surface area (Å²) in [5.74, 6) is 0.529. The van der Waals surface area contributed by atoms with E-state index in [-0.39, 0.29) is 0 Å². The van der Waals surface area contributed by atoms with Gasteiger partial charge in [0.05, 0.1) is 5.69 Å². The van der Waals surface area contributed by atoms with Crippen LogP contribution in [-0.4, -0.2) is 14.4 Å². The number of aromatic nitrogens is 3. The summed E-state index contributed by atoms with van der Waals surface area (Å²) in [6, 6.07) is 9.73. The van der Waals surface area contributed by atoms with Crippen molar-refractivity contribution in [1.82, 2.24) is 14.4 Å². The van der Waals surface area contributed by atoms with Crippen molar-refractivity contribution >= 4 is 11.5 Å². The maximum absolute atomic E-state index is 5.57. The quantitative estimate of drug-likeness (QED) is 0.668. The Morgan fingerprint density at radius 1 is 1.06 bits per heavy atom. The van der Waals surface area contributed by atoms with Gasteiger partial charge in [-0.3, -0.25) is 4.40 Å². The van der Waals surface area contributed by atoms with Crippen molar-refractivity contribution in [3.05, 3.63) is 48.9 Å². The molecule has 78 valence electrons. The Bertz CT molecular complexity index is 625. The molecular weight excluding hydrogens is 200 g/mol. The number of nitrogen functional groups attached to an aromatic ring is 1. The first-order valence-corrected chi connectivity index (χ1v) is 4.98. The van der Waals surface area contributed by atoms with Crippen LogP contribution in [0.4, 0.5) is 5.82 Å².